The van der Waals surface area contributed by atoms with Crippen molar-refractivity contribution < 1.29 is 14.2 Å². The van der Waals surface area contributed by atoms with Gasteiger partial charge in [-0.1, -0.05) is 30.3 Å². The monoisotopic (exact) mass is 312 g/mol. The number of ether oxygens (including phenoxy) is 3. The van der Waals surface area contributed by atoms with Crippen molar-refractivity contribution in [1.29, 1.82) is 0 Å². The van der Waals surface area contributed by atoms with Gasteiger partial charge in [0, 0.05) is 17.8 Å². The molecule has 0 radical (unpaired) electrons. The zero-order valence-corrected chi connectivity index (χ0v) is 13.6. The Labute approximate surface area is 137 Å². The molecule has 0 aromatic heterocycles. The quantitative estimate of drug-likeness (QED) is 0.794. The van der Waals surface area contributed by atoms with E-state index < -0.39 is 0 Å². The van der Waals surface area contributed by atoms with Gasteiger partial charge in [-0.25, -0.2) is 0 Å². The second kappa shape index (κ2) is 5.35. The molecule has 4 fully saturated rings. The Hall–Kier alpha value is -1.32. The molecule has 7 unspecified atom stereocenters. The lowest BCUT2D eigenvalue weighted by Crippen LogP contribution is -2.41. The molecule has 0 spiro atoms. The number of hydrogen-bond donors (Lipinski definition) is 0. The second-order valence-corrected chi connectivity index (χ2v) is 7.58. The molecule has 4 bridgehead atoms. The summed E-state index contributed by atoms with van der Waals surface area (Å²) in [6.45, 7) is 2.87. The van der Waals surface area contributed by atoms with Crippen LogP contribution in [0.5, 0.6) is 0 Å². The average Bonchev–Trinajstić information content (AvgIpc) is 3.34. The smallest absolute Gasteiger partial charge is 0.0927 e. The van der Waals surface area contributed by atoms with Crippen LogP contribution >= 0.6 is 0 Å². The molecule has 1 aromatic carbocycles. The van der Waals surface area contributed by atoms with Gasteiger partial charge < -0.3 is 14.2 Å². The summed E-state index contributed by atoms with van der Waals surface area (Å²) >= 11 is 0. The summed E-state index contributed by atoms with van der Waals surface area (Å²) in [6.07, 6.45) is 7.29. The second-order valence-electron chi connectivity index (χ2n) is 7.58. The van der Waals surface area contributed by atoms with Crippen molar-refractivity contribution in [3.8, 4) is 0 Å². The first-order valence-electron chi connectivity index (χ1n) is 8.96. The van der Waals surface area contributed by atoms with E-state index >= 15 is 0 Å². The Morgan fingerprint density at radius 2 is 1.87 bits per heavy atom. The average molecular weight is 312 g/mol. The first-order chi connectivity index (χ1) is 11.3. The van der Waals surface area contributed by atoms with Crippen LogP contribution in [0.2, 0.25) is 0 Å². The third-order valence-corrected chi connectivity index (χ3v) is 6.33. The molecule has 122 valence electrons. The van der Waals surface area contributed by atoms with E-state index in [4.69, 9.17) is 14.2 Å². The molecular weight excluding hydrogens is 288 g/mol. The van der Waals surface area contributed by atoms with Gasteiger partial charge >= 0.3 is 0 Å². The van der Waals surface area contributed by atoms with Crippen molar-refractivity contribution in [3.05, 3.63) is 42.2 Å². The fourth-order valence-corrected chi connectivity index (χ4v) is 5.35. The Balaban J connectivity index is 1.22. The molecule has 0 N–H and O–H groups in total. The Kier molecular flexibility index (Phi) is 3.27. The molecule has 0 amide bonds. The molecule has 23 heavy (non-hydrogen) atoms. The van der Waals surface area contributed by atoms with Gasteiger partial charge in [-0.15, -0.1) is 0 Å². The van der Waals surface area contributed by atoms with E-state index in [1.165, 1.54) is 24.0 Å². The van der Waals surface area contributed by atoms with Gasteiger partial charge in [0.15, 0.2) is 0 Å². The lowest BCUT2D eigenvalue weighted by atomic mass is 9.68. The molecule has 3 heteroatoms. The van der Waals surface area contributed by atoms with E-state index in [2.05, 4.69) is 31.2 Å². The minimum Gasteiger partial charge on any atom is -0.501 e. The van der Waals surface area contributed by atoms with E-state index in [-0.39, 0.29) is 0 Å². The number of allylic oxidation sites excluding steroid dienone is 1. The van der Waals surface area contributed by atoms with Crippen LogP contribution in [-0.2, 0) is 14.2 Å². The van der Waals surface area contributed by atoms with Crippen LogP contribution < -0.4 is 0 Å². The summed E-state index contributed by atoms with van der Waals surface area (Å²) in [4.78, 5) is 0. The molecule has 0 aliphatic carbocycles. The van der Waals surface area contributed by atoms with Gasteiger partial charge in [0.2, 0.25) is 0 Å². The van der Waals surface area contributed by atoms with Gasteiger partial charge in [-0.2, -0.15) is 0 Å². The lowest BCUT2D eigenvalue weighted by Gasteiger charge is -2.32. The number of fused-ring (bicyclic) bond motifs is 9. The maximum Gasteiger partial charge on any atom is 0.0927 e. The minimum absolute atomic E-state index is 0.366. The molecule has 7 atom stereocenters. The molecule has 0 saturated carbocycles. The highest BCUT2D eigenvalue weighted by atomic mass is 16.5. The number of benzene rings is 1. The summed E-state index contributed by atoms with van der Waals surface area (Å²) < 4.78 is 18.4. The molecule has 3 nitrogen and oxygen atoms in total. The fraction of sp³-hybridized carbons (Fsp3) is 0.600. The largest absolute Gasteiger partial charge is 0.501 e. The number of rotatable bonds is 4. The van der Waals surface area contributed by atoms with Crippen LogP contribution in [0.4, 0.5) is 0 Å². The topological polar surface area (TPSA) is 27.7 Å². The Morgan fingerprint density at radius 3 is 2.70 bits per heavy atom. The molecule has 4 aliphatic rings. The maximum absolute atomic E-state index is 6.29. The Morgan fingerprint density at radius 1 is 1.09 bits per heavy atom. The SMILES string of the molecule is C/C(=C/OCC1CC2OC1C1C3CCC(O3)C21)c1ccccc1. The zero-order valence-electron chi connectivity index (χ0n) is 13.6. The van der Waals surface area contributed by atoms with Crippen LogP contribution in [0.3, 0.4) is 0 Å². The van der Waals surface area contributed by atoms with Crippen LogP contribution in [-0.4, -0.2) is 31.0 Å². The van der Waals surface area contributed by atoms with Gasteiger partial charge in [0.1, 0.15) is 0 Å². The zero-order chi connectivity index (χ0) is 15.4. The van der Waals surface area contributed by atoms with E-state index in [0.29, 0.717) is 42.2 Å². The highest BCUT2D eigenvalue weighted by Crippen LogP contribution is 2.58. The van der Waals surface area contributed by atoms with Gasteiger partial charge in [-0.3, -0.25) is 0 Å². The first kappa shape index (κ1) is 14.1. The van der Waals surface area contributed by atoms with Crippen molar-refractivity contribution in [2.45, 2.75) is 50.6 Å². The Bertz CT molecular complexity index is 611. The van der Waals surface area contributed by atoms with Crippen molar-refractivity contribution in [2.24, 2.45) is 17.8 Å². The predicted molar refractivity (Wildman–Crippen MR) is 87.7 cm³/mol. The fourth-order valence-electron chi connectivity index (χ4n) is 5.35. The van der Waals surface area contributed by atoms with E-state index in [9.17, 15) is 0 Å². The first-order valence-corrected chi connectivity index (χ1v) is 8.96. The van der Waals surface area contributed by atoms with Gasteiger partial charge in [0.25, 0.3) is 0 Å². The maximum atomic E-state index is 6.29. The summed E-state index contributed by atoms with van der Waals surface area (Å²) in [5.74, 6) is 1.85. The van der Waals surface area contributed by atoms with Gasteiger partial charge in [-0.05, 0) is 37.3 Å². The van der Waals surface area contributed by atoms with E-state index in [1.807, 2.05) is 12.3 Å². The molecule has 4 heterocycles. The van der Waals surface area contributed by atoms with E-state index in [0.717, 1.165) is 13.0 Å². The number of hydrogen-bond acceptors (Lipinski definition) is 3. The lowest BCUT2D eigenvalue weighted by molar-refractivity contribution is -0.00312. The normalized spacial score (nSPS) is 43.9. The van der Waals surface area contributed by atoms with Gasteiger partial charge in [0.05, 0.1) is 37.3 Å². The molecule has 5 rings (SSSR count). The van der Waals surface area contributed by atoms with Crippen LogP contribution in [0.1, 0.15) is 31.7 Å². The van der Waals surface area contributed by atoms with Crippen molar-refractivity contribution in [2.75, 3.05) is 6.61 Å². The standard InChI is InChI=1S/C20H24O3/c1-12(13-5-3-2-4-6-13)10-21-11-14-9-17-18-15-7-8-16(22-15)19(18)20(14)23-17/h2-6,10,14-20H,7-9,11H2,1H3/b12-10-. The van der Waals surface area contributed by atoms with Crippen molar-refractivity contribution in [1.82, 2.24) is 0 Å². The van der Waals surface area contributed by atoms with Crippen molar-refractivity contribution in [3.63, 3.8) is 0 Å². The summed E-state index contributed by atoms with van der Waals surface area (Å²) in [6, 6.07) is 10.4. The third kappa shape index (κ3) is 2.17. The highest BCUT2D eigenvalue weighted by Gasteiger charge is 2.64. The molecule has 4 aliphatic heterocycles. The van der Waals surface area contributed by atoms with Crippen molar-refractivity contribution >= 4 is 5.57 Å². The predicted octanol–water partition coefficient (Wildman–Crippen LogP) is 3.64. The molecular formula is C20H24O3. The third-order valence-electron chi connectivity index (χ3n) is 6.33. The summed E-state index contributed by atoms with van der Waals surface area (Å²) in [5, 5.41) is 0. The van der Waals surface area contributed by atoms with E-state index in [1.54, 1.807) is 0 Å². The molecule has 4 saturated heterocycles. The van der Waals surface area contributed by atoms with Crippen LogP contribution in [0.15, 0.2) is 36.6 Å². The van der Waals surface area contributed by atoms with Crippen LogP contribution in [0.25, 0.3) is 5.57 Å². The molecule has 1 aromatic rings. The summed E-state index contributed by atoms with van der Waals surface area (Å²) in [7, 11) is 0. The highest BCUT2D eigenvalue weighted by molar-refractivity contribution is 5.62. The van der Waals surface area contributed by atoms with Crippen LogP contribution in [0, 0.1) is 17.8 Å². The summed E-state index contributed by atoms with van der Waals surface area (Å²) in [5.41, 5.74) is 2.40. The minimum atomic E-state index is 0.366.